The second-order valence-corrected chi connectivity index (χ2v) is 5.56. The number of fused-ring (bicyclic) bond motifs is 1. The Labute approximate surface area is 124 Å². The average molecular weight is 300 g/mol. The lowest BCUT2D eigenvalue weighted by Crippen LogP contribution is -2.24. The van der Waals surface area contributed by atoms with Crippen LogP contribution in [-0.4, -0.2) is 29.4 Å². The molecule has 0 spiro atoms. The van der Waals surface area contributed by atoms with Crippen molar-refractivity contribution in [3.63, 3.8) is 0 Å². The van der Waals surface area contributed by atoms with Gasteiger partial charge in [0.05, 0.1) is 18.3 Å². The first-order valence-corrected chi connectivity index (χ1v) is 7.43. The van der Waals surface area contributed by atoms with Gasteiger partial charge in [-0.05, 0) is 31.0 Å². The number of nitrogens with zero attached hydrogens (tertiary/aromatic N) is 5. The van der Waals surface area contributed by atoms with Crippen LogP contribution in [0.15, 0.2) is 24.5 Å². The maximum atomic E-state index is 12.2. The summed E-state index contributed by atoms with van der Waals surface area (Å²) < 4.78 is 10.3. The van der Waals surface area contributed by atoms with Crippen molar-refractivity contribution in [2.24, 2.45) is 0 Å². The first-order chi connectivity index (χ1) is 10.3. The summed E-state index contributed by atoms with van der Waals surface area (Å²) in [7, 11) is 0. The monoisotopic (exact) mass is 300 g/mol. The molecule has 0 radical (unpaired) electrons. The average Bonchev–Trinajstić information content (AvgIpc) is 3.06. The highest BCUT2D eigenvalue weighted by atomic mass is 32.1. The topological polar surface area (TPSA) is 85.6 Å². The second-order valence-electron chi connectivity index (χ2n) is 5.04. The molecule has 2 aromatic heterocycles. The minimum absolute atomic E-state index is 0.143. The molecule has 0 aliphatic heterocycles. The van der Waals surface area contributed by atoms with Gasteiger partial charge in [-0.3, -0.25) is 4.79 Å². The maximum Gasteiger partial charge on any atom is 0.251 e. The zero-order chi connectivity index (χ0) is 14.2. The Morgan fingerprint density at radius 1 is 1.33 bits per heavy atom. The van der Waals surface area contributed by atoms with Gasteiger partial charge < -0.3 is 9.88 Å². The molecule has 3 aromatic rings. The minimum atomic E-state index is -0.143. The Balaban J connectivity index is 1.48. The molecule has 0 bridgehead atoms. The van der Waals surface area contributed by atoms with E-state index in [1.165, 1.54) is 0 Å². The smallest absolute Gasteiger partial charge is 0.251 e. The number of carbonyl (C=O) groups is 1. The summed E-state index contributed by atoms with van der Waals surface area (Å²) >= 11 is 1.14. The Morgan fingerprint density at radius 2 is 2.19 bits per heavy atom. The summed E-state index contributed by atoms with van der Waals surface area (Å²) in [6.07, 6.45) is 4.05. The summed E-state index contributed by atoms with van der Waals surface area (Å²) in [6, 6.07) is 5.81. The van der Waals surface area contributed by atoms with Crippen molar-refractivity contribution in [2.75, 3.05) is 0 Å². The molecule has 1 saturated carbocycles. The van der Waals surface area contributed by atoms with Crippen LogP contribution >= 0.6 is 11.7 Å². The summed E-state index contributed by atoms with van der Waals surface area (Å²) in [5.41, 5.74) is 2.13. The molecular weight excluding hydrogens is 288 g/mol. The normalized spacial score (nSPS) is 14.5. The first-order valence-electron chi connectivity index (χ1n) is 6.70. The van der Waals surface area contributed by atoms with E-state index < -0.39 is 0 Å². The molecule has 1 aliphatic rings. The van der Waals surface area contributed by atoms with Gasteiger partial charge in [-0.1, -0.05) is 0 Å². The van der Waals surface area contributed by atoms with E-state index in [9.17, 15) is 4.79 Å². The molecule has 1 amide bonds. The molecule has 0 atom stereocenters. The highest BCUT2D eigenvalue weighted by molar-refractivity contribution is 7.00. The predicted molar refractivity (Wildman–Crippen MR) is 76.9 cm³/mol. The maximum absolute atomic E-state index is 12.2. The van der Waals surface area contributed by atoms with Gasteiger partial charge in [-0.25, -0.2) is 0 Å². The van der Waals surface area contributed by atoms with Crippen molar-refractivity contribution >= 4 is 28.7 Å². The molecule has 0 unspecified atom stereocenters. The number of carbonyl (C=O) groups excluding carboxylic acids is 1. The standard InChI is InChI=1S/C13H12N6OS/c20-13(8-1-4-10-11(5-8)18-21-17-10)14-6-12-16-15-7-19(12)9-2-3-9/h1,4-5,7,9H,2-3,6H2,(H,14,20). The quantitative estimate of drug-likeness (QED) is 0.790. The molecule has 1 fully saturated rings. The van der Waals surface area contributed by atoms with Crippen LogP contribution in [0.3, 0.4) is 0 Å². The molecule has 2 heterocycles. The van der Waals surface area contributed by atoms with E-state index in [0.717, 1.165) is 41.4 Å². The van der Waals surface area contributed by atoms with Gasteiger partial charge in [0.1, 0.15) is 17.4 Å². The summed E-state index contributed by atoms with van der Waals surface area (Å²) in [5.74, 6) is 0.650. The lowest BCUT2D eigenvalue weighted by Gasteiger charge is -2.06. The number of nitrogens with one attached hydrogen (secondary N) is 1. The highest BCUT2D eigenvalue weighted by Crippen LogP contribution is 2.35. The minimum Gasteiger partial charge on any atom is -0.345 e. The van der Waals surface area contributed by atoms with Crippen LogP contribution in [0.5, 0.6) is 0 Å². The van der Waals surface area contributed by atoms with Crippen LogP contribution in [0.1, 0.15) is 35.1 Å². The van der Waals surface area contributed by atoms with Crippen LogP contribution in [0, 0.1) is 0 Å². The van der Waals surface area contributed by atoms with Gasteiger partial charge >= 0.3 is 0 Å². The van der Waals surface area contributed by atoms with Gasteiger partial charge in [0.2, 0.25) is 0 Å². The largest absolute Gasteiger partial charge is 0.345 e. The summed E-state index contributed by atoms with van der Waals surface area (Å²) in [5, 5.41) is 10.8. The molecule has 4 rings (SSSR count). The number of hydrogen-bond acceptors (Lipinski definition) is 6. The fourth-order valence-corrected chi connectivity index (χ4v) is 2.75. The van der Waals surface area contributed by atoms with Gasteiger partial charge in [0.15, 0.2) is 5.82 Å². The van der Waals surface area contributed by atoms with Crippen LogP contribution in [0.4, 0.5) is 0 Å². The molecule has 0 saturated heterocycles. The lowest BCUT2D eigenvalue weighted by atomic mass is 10.2. The van der Waals surface area contributed by atoms with E-state index in [2.05, 4.69) is 24.3 Å². The van der Waals surface area contributed by atoms with Crippen LogP contribution in [0.2, 0.25) is 0 Å². The van der Waals surface area contributed by atoms with E-state index in [0.29, 0.717) is 18.2 Å². The summed E-state index contributed by atoms with van der Waals surface area (Å²) in [6.45, 7) is 0.378. The Morgan fingerprint density at radius 3 is 3.05 bits per heavy atom. The number of amides is 1. The fourth-order valence-electron chi connectivity index (χ4n) is 2.24. The number of aromatic nitrogens is 5. The third-order valence-electron chi connectivity index (χ3n) is 3.51. The van der Waals surface area contributed by atoms with Crippen molar-refractivity contribution in [3.8, 4) is 0 Å². The predicted octanol–water partition coefficient (Wildman–Crippen LogP) is 1.55. The lowest BCUT2D eigenvalue weighted by molar-refractivity contribution is 0.0949. The summed E-state index contributed by atoms with van der Waals surface area (Å²) in [4.78, 5) is 12.2. The van der Waals surface area contributed by atoms with Gasteiger partial charge in [0, 0.05) is 11.6 Å². The zero-order valence-electron chi connectivity index (χ0n) is 11.1. The fraction of sp³-hybridized carbons (Fsp3) is 0.308. The number of hydrogen-bond donors (Lipinski definition) is 1. The van der Waals surface area contributed by atoms with Crippen LogP contribution in [-0.2, 0) is 6.54 Å². The van der Waals surface area contributed by atoms with E-state index >= 15 is 0 Å². The first kappa shape index (κ1) is 12.4. The van der Waals surface area contributed by atoms with Crippen molar-refractivity contribution in [1.29, 1.82) is 0 Å². The van der Waals surface area contributed by atoms with Gasteiger partial charge in [-0.2, -0.15) is 8.75 Å². The second kappa shape index (κ2) is 4.88. The molecule has 1 aliphatic carbocycles. The van der Waals surface area contributed by atoms with Crippen molar-refractivity contribution < 1.29 is 4.79 Å². The van der Waals surface area contributed by atoms with Crippen molar-refractivity contribution in [2.45, 2.75) is 25.4 Å². The Hall–Kier alpha value is -2.35. The number of rotatable bonds is 4. The Bertz CT molecular complexity index is 806. The molecule has 106 valence electrons. The Kier molecular flexibility index (Phi) is 2.88. The van der Waals surface area contributed by atoms with Crippen LogP contribution < -0.4 is 5.32 Å². The molecule has 21 heavy (non-hydrogen) atoms. The van der Waals surface area contributed by atoms with E-state index in [1.54, 1.807) is 24.5 Å². The SMILES string of the molecule is O=C(NCc1nncn1C1CC1)c1ccc2nsnc2c1. The molecular formula is C13H12N6OS. The van der Waals surface area contributed by atoms with Gasteiger partial charge in [-0.15, -0.1) is 10.2 Å². The zero-order valence-corrected chi connectivity index (χ0v) is 11.9. The molecule has 8 heteroatoms. The van der Waals surface area contributed by atoms with Crippen molar-refractivity contribution in [3.05, 3.63) is 35.9 Å². The third-order valence-corrected chi connectivity index (χ3v) is 4.07. The van der Waals surface area contributed by atoms with E-state index in [-0.39, 0.29) is 5.91 Å². The molecule has 1 aromatic carbocycles. The molecule has 1 N–H and O–H groups in total. The molecule has 7 nitrogen and oxygen atoms in total. The highest BCUT2D eigenvalue weighted by Gasteiger charge is 2.26. The van der Waals surface area contributed by atoms with E-state index in [4.69, 9.17) is 0 Å². The van der Waals surface area contributed by atoms with Crippen LogP contribution in [0.25, 0.3) is 11.0 Å². The van der Waals surface area contributed by atoms with Crippen molar-refractivity contribution in [1.82, 2.24) is 28.8 Å². The van der Waals surface area contributed by atoms with E-state index in [1.807, 2.05) is 4.57 Å². The van der Waals surface area contributed by atoms with Gasteiger partial charge in [0.25, 0.3) is 5.91 Å². The number of benzene rings is 1. The third kappa shape index (κ3) is 2.38.